The molecule has 8 heteroatoms. The fourth-order valence-corrected chi connectivity index (χ4v) is 4.14. The summed E-state index contributed by atoms with van der Waals surface area (Å²) in [6.07, 6.45) is 0.258. The van der Waals surface area contributed by atoms with Crippen molar-refractivity contribution in [3.05, 3.63) is 48.5 Å². The Morgan fingerprint density at radius 1 is 1.03 bits per heavy atom. The molecule has 0 aliphatic heterocycles. The standard InChI is InChI=1S/C21H26N2O4S2/c1-21(2,13-26-15-24)14-27-20(25)11-12-23-17-5-9-19(10-6-17)29-28-18-7-3-16(22)4-8-18/h3-10,15,23H,11-14,22H2,1-2H3. The minimum Gasteiger partial charge on any atom is -0.467 e. The van der Waals surface area contributed by atoms with E-state index in [1.807, 2.05) is 62.4 Å². The summed E-state index contributed by atoms with van der Waals surface area (Å²) >= 11 is 0. The molecule has 0 radical (unpaired) electrons. The van der Waals surface area contributed by atoms with Gasteiger partial charge in [0.2, 0.25) is 0 Å². The molecule has 0 amide bonds. The molecule has 6 nitrogen and oxygen atoms in total. The second kappa shape index (κ2) is 11.6. The van der Waals surface area contributed by atoms with E-state index in [1.165, 1.54) is 0 Å². The molecule has 0 bridgehead atoms. The molecule has 0 aliphatic rings. The van der Waals surface area contributed by atoms with Crippen LogP contribution in [0.5, 0.6) is 0 Å². The molecule has 2 aromatic carbocycles. The van der Waals surface area contributed by atoms with Crippen molar-refractivity contribution in [2.24, 2.45) is 5.41 Å². The highest BCUT2D eigenvalue weighted by Crippen LogP contribution is 2.37. The van der Waals surface area contributed by atoms with Crippen LogP contribution in [0.15, 0.2) is 58.3 Å². The zero-order valence-corrected chi connectivity index (χ0v) is 18.2. The Kier molecular flexibility index (Phi) is 9.21. The number of carbonyl (C=O) groups is 2. The summed E-state index contributed by atoms with van der Waals surface area (Å²) in [7, 11) is 3.35. The predicted octanol–water partition coefficient (Wildman–Crippen LogP) is 4.61. The number of nitrogen functional groups attached to an aromatic ring is 1. The van der Waals surface area contributed by atoms with Gasteiger partial charge < -0.3 is 20.5 Å². The first-order valence-corrected chi connectivity index (χ1v) is 11.3. The first kappa shape index (κ1) is 23.0. The van der Waals surface area contributed by atoms with Crippen LogP contribution in [-0.2, 0) is 19.1 Å². The number of nitrogens with one attached hydrogen (secondary N) is 1. The van der Waals surface area contributed by atoms with Crippen LogP contribution in [0.1, 0.15) is 20.3 Å². The number of esters is 1. The van der Waals surface area contributed by atoms with Crippen LogP contribution >= 0.6 is 21.6 Å². The van der Waals surface area contributed by atoms with Gasteiger partial charge in [-0.15, -0.1) is 0 Å². The number of rotatable bonds is 12. The molecular weight excluding hydrogens is 408 g/mol. The van der Waals surface area contributed by atoms with Crippen LogP contribution in [0.4, 0.5) is 11.4 Å². The third kappa shape index (κ3) is 9.15. The van der Waals surface area contributed by atoms with Crippen molar-refractivity contribution in [3.8, 4) is 0 Å². The lowest BCUT2D eigenvalue weighted by atomic mass is 9.96. The number of anilines is 2. The van der Waals surface area contributed by atoms with Crippen LogP contribution < -0.4 is 11.1 Å². The van der Waals surface area contributed by atoms with E-state index in [9.17, 15) is 9.59 Å². The maximum atomic E-state index is 11.9. The van der Waals surface area contributed by atoms with Crippen molar-refractivity contribution in [3.63, 3.8) is 0 Å². The highest BCUT2D eigenvalue weighted by Gasteiger charge is 2.21. The maximum absolute atomic E-state index is 11.9. The third-order valence-electron chi connectivity index (χ3n) is 3.79. The monoisotopic (exact) mass is 434 g/mol. The lowest BCUT2D eigenvalue weighted by Gasteiger charge is -2.22. The summed E-state index contributed by atoms with van der Waals surface area (Å²) in [4.78, 5) is 24.4. The molecule has 0 saturated heterocycles. The summed E-state index contributed by atoms with van der Waals surface area (Å²) in [5, 5.41) is 3.21. The Morgan fingerprint density at radius 2 is 1.62 bits per heavy atom. The van der Waals surface area contributed by atoms with Crippen LogP contribution in [0.25, 0.3) is 0 Å². The largest absolute Gasteiger partial charge is 0.467 e. The van der Waals surface area contributed by atoms with E-state index in [0.717, 1.165) is 21.2 Å². The van der Waals surface area contributed by atoms with Gasteiger partial charge in [-0.2, -0.15) is 0 Å². The highest BCUT2D eigenvalue weighted by atomic mass is 33.1. The van der Waals surface area contributed by atoms with Crippen molar-refractivity contribution in [1.29, 1.82) is 0 Å². The zero-order valence-electron chi connectivity index (χ0n) is 16.6. The quantitative estimate of drug-likeness (QED) is 0.217. The molecule has 0 aromatic heterocycles. The Hall–Kier alpha value is -2.32. The molecule has 0 spiro atoms. The summed E-state index contributed by atoms with van der Waals surface area (Å²) in [6.45, 7) is 5.03. The lowest BCUT2D eigenvalue weighted by molar-refractivity contribution is -0.148. The number of ether oxygens (including phenoxy) is 2. The molecule has 2 aromatic rings. The fourth-order valence-electron chi connectivity index (χ4n) is 2.21. The SMILES string of the molecule is CC(C)(COC=O)COC(=O)CCNc1ccc(SSc2ccc(N)cc2)cc1. The molecule has 0 atom stereocenters. The molecule has 2 rings (SSSR count). The van der Waals surface area contributed by atoms with E-state index >= 15 is 0 Å². The molecule has 0 aliphatic carbocycles. The molecule has 0 unspecified atom stereocenters. The van der Waals surface area contributed by atoms with Gasteiger partial charge in [-0.25, -0.2) is 0 Å². The third-order valence-corrected chi connectivity index (χ3v) is 6.21. The number of benzene rings is 2. The first-order chi connectivity index (χ1) is 13.9. The smallest absolute Gasteiger partial charge is 0.307 e. The highest BCUT2D eigenvalue weighted by molar-refractivity contribution is 8.76. The molecule has 0 fully saturated rings. The maximum Gasteiger partial charge on any atom is 0.307 e. The molecule has 29 heavy (non-hydrogen) atoms. The molecule has 156 valence electrons. The molecular formula is C21H26N2O4S2. The summed E-state index contributed by atoms with van der Waals surface area (Å²) < 4.78 is 9.99. The summed E-state index contributed by atoms with van der Waals surface area (Å²) in [6, 6.07) is 15.8. The topological polar surface area (TPSA) is 90.6 Å². The van der Waals surface area contributed by atoms with Gasteiger partial charge in [0, 0.05) is 33.1 Å². The Balaban J connectivity index is 1.67. The zero-order chi connectivity index (χ0) is 21.1. The van der Waals surface area contributed by atoms with Crippen molar-refractivity contribution in [2.75, 3.05) is 30.8 Å². The Bertz CT molecular complexity index is 780. The van der Waals surface area contributed by atoms with Gasteiger partial charge in [-0.05, 0) is 48.5 Å². The predicted molar refractivity (Wildman–Crippen MR) is 119 cm³/mol. The van der Waals surface area contributed by atoms with Crippen LogP contribution in [-0.4, -0.2) is 32.2 Å². The van der Waals surface area contributed by atoms with Crippen molar-refractivity contribution < 1.29 is 19.1 Å². The molecule has 3 N–H and O–H groups in total. The summed E-state index contributed by atoms with van der Waals surface area (Å²) in [5.74, 6) is -0.288. The van der Waals surface area contributed by atoms with Gasteiger partial charge in [0.1, 0.15) is 0 Å². The van der Waals surface area contributed by atoms with Crippen LogP contribution in [0.2, 0.25) is 0 Å². The minimum atomic E-state index is -0.401. The second-order valence-corrected chi connectivity index (χ2v) is 9.45. The average Bonchev–Trinajstić information content (AvgIpc) is 2.71. The van der Waals surface area contributed by atoms with Gasteiger partial charge in [0.25, 0.3) is 6.47 Å². The van der Waals surface area contributed by atoms with Crippen molar-refractivity contribution in [2.45, 2.75) is 30.1 Å². The van der Waals surface area contributed by atoms with E-state index in [-0.39, 0.29) is 25.6 Å². The number of carbonyl (C=O) groups excluding carboxylic acids is 2. The normalized spacial score (nSPS) is 11.0. The molecule has 0 heterocycles. The van der Waals surface area contributed by atoms with Gasteiger partial charge >= 0.3 is 5.97 Å². The van der Waals surface area contributed by atoms with E-state index < -0.39 is 5.41 Å². The average molecular weight is 435 g/mol. The van der Waals surface area contributed by atoms with Gasteiger partial charge in [-0.1, -0.05) is 35.4 Å². The van der Waals surface area contributed by atoms with Gasteiger partial charge in [0.05, 0.1) is 19.6 Å². The van der Waals surface area contributed by atoms with E-state index in [1.54, 1.807) is 21.6 Å². The Morgan fingerprint density at radius 3 is 2.21 bits per heavy atom. The fraction of sp³-hybridized carbons (Fsp3) is 0.333. The first-order valence-electron chi connectivity index (χ1n) is 9.13. The minimum absolute atomic E-state index is 0.206. The van der Waals surface area contributed by atoms with Gasteiger partial charge in [0.15, 0.2) is 0 Å². The van der Waals surface area contributed by atoms with E-state index in [2.05, 4.69) is 5.32 Å². The van der Waals surface area contributed by atoms with Crippen LogP contribution in [0.3, 0.4) is 0 Å². The number of hydrogen-bond acceptors (Lipinski definition) is 8. The number of hydrogen-bond donors (Lipinski definition) is 2. The van der Waals surface area contributed by atoms with Gasteiger partial charge in [-0.3, -0.25) is 9.59 Å². The lowest BCUT2D eigenvalue weighted by Crippen LogP contribution is -2.27. The van der Waals surface area contributed by atoms with E-state index in [4.69, 9.17) is 15.2 Å². The van der Waals surface area contributed by atoms with Crippen LogP contribution in [0, 0.1) is 5.41 Å². The van der Waals surface area contributed by atoms with Crippen molar-refractivity contribution in [1.82, 2.24) is 0 Å². The number of nitrogens with two attached hydrogens (primary N) is 1. The Labute approximate surface area is 179 Å². The van der Waals surface area contributed by atoms with E-state index in [0.29, 0.717) is 13.0 Å². The van der Waals surface area contributed by atoms with Crippen molar-refractivity contribution >= 4 is 45.4 Å². The second-order valence-electron chi connectivity index (χ2n) is 7.17. The molecule has 0 saturated carbocycles. The summed E-state index contributed by atoms with van der Waals surface area (Å²) in [5.41, 5.74) is 7.00.